The molecule has 0 unspecified atom stereocenters. The highest BCUT2D eigenvalue weighted by Gasteiger charge is 2.48. The van der Waals surface area contributed by atoms with Crippen LogP contribution in [0, 0.1) is 5.92 Å². The van der Waals surface area contributed by atoms with Crippen LogP contribution in [0.3, 0.4) is 0 Å². The molecule has 3 nitrogen and oxygen atoms in total. The van der Waals surface area contributed by atoms with Gasteiger partial charge < -0.3 is 4.57 Å². The van der Waals surface area contributed by atoms with Gasteiger partial charge in [0.1, 0.15) is 5.78 Å². The average Bonchev–Trinajstić information content (AvgIpc) is 3.34. The number of benzene rings is 2. The average molecular weight is 413 g/mol. The lowest BCUT2D eigenvalue weighted by molar-refractivity contribution is -0.126. The smallest absolute Gasteiger partial charge is 0.137 e. The molecule has 5 rings (SSSR count). The molecule has 2 aliphatic rings. The van der Waals surface area contributed by atoms with Crippen LogP contribution < -0.4 is 0 Å². The Balaban J connectivity index is 1.41. The number of hydrogen-bond donors (Lipinski definition) is 0. The topological polar surface area (TPSA) is 25.2 Å². The minimum Gasteiger partial charge on any atom is -0.343 e. The van der Waals surface area contributed by atoms with Gasteiger partial charge in [0, 0.05) is 42.9 Å². The molecule has 3 heterocycles. The van der Waals surface area contributed by atoms with E-state index in [9.17, 15) is 4.79 Å². The van der Waals surface area contributed by atoms with E-state index in [1.807, 2.05) is 6.92 Å². The third-order valence-electron chi connectivity index (χ3n) is 7.65. The summed E-state index contributed by atoms with van der Waals surface area (Å²) in [5, 5.41) is 0. The zero-order chi connectivity index (χ0) is 21.4. The Morgan fingerprint density at radius 1 is 0.968 bits per heavy atom. The van der Waals surface area contributed by atoms with Crippen molar-refractivity contribution in [2.24, 2.45) is 5.92 Å². The van der Waals surface area contributed by atoms with Crippen LogP contribution >= 0.6 is 0 Å². The zero-order valence-electron chi connectivity index (χ0n) is 18.6. The molecule has 0 amide bonds. The molecule has 0 saturated carbocycles. The summed E-state index contributed by atoms with van der Waals surface area (Å²) in [6.45, 7) is 2.89. The van der Waals surface area contributed by atoms with Crippen LogP contribution in [0.2, 0.25) is 0 Å². The summed E-state index contributed by atoms with van der Waals surface area (Å²) in [5.74, 6) is 0.927. The number of rotatable bonds is 6. The van der Waals surface area contributed by atoms with Gasteiger partial charge in [-0.25, -0.2) is 0 Å². The fourth-order valence-corrected chi connectivity index (χ4v) is 5.98. The molecule has 0 radical (unpaired) electrons. The van der Waals surface area contributed by atoms with Gasteiger partial charge in [-0.05, 0) is 61.1 Å². The summed E-state index contributed by atoms with van der Waals surface area (Å²) in [5.41, 5.74) is 5.11. The monoisotopic (exact) mass is 412 g/mol. The largest absolute Gasteiger partial charge is 0.343 e. The van der Waals surface area contributed by atoms with E-state index in [0.29, 0.717) is 30.2 Å². The van der Waals surface area contributed by atoms with E-state index < -0.39 is 0 Å². The molecule has 2 aliphatic heterocycles. The highest BCUT2D eigenvalue weighted by molar-refractivity contribution is 5.83. The molecule has 2 saturated heterocycles. The second-order valence-electron chi connectivity index (χ2n) is 9.28. The molecule has 3 heteroatoms. The minimum absolute atomic E-state index is 0.140. The van der Waals surface area contributed by atoms with E-state index >= 15 is 0 Å². The van der Waals surface area contributed by atoms with Crippen molar-refractivity contribution in [3.8, 4) is 11.3 Å². The van der Waals surface area contributed by atoms with Gasteiger partial charge >= 0.3 is 0 Å². The molecule has 2 fully saturated rings. The molecule has 31 heavy (non-hydrogen) atoms. The molecule has 2 aromatic carbocycles. The Hall–Kier alpha value is -2.65. The third kappa shape index (κ3) is 3.76. The minimum atomic E-state index is 0.140. The number of hydrogen-bond acceptors (Lipinski definition) is 2. The van der Waals surface area contributed by atoms with Gasteiger partial charge in [0.05, 0.1) is 0 Å². The van der Waals surface area contributed by atoms with E-state index in [-0.39, 0.29) is 5.92 Å². The quantitative estimate of drug-likeness (QED) is 0.515. The van der Waals surface area contributed by atoms with Gasteiger partial charge in [0.15, 0.2) is 0 Å². The van der Waals surface area contributed by atoms with Crippen molar-refractivity contribution in [2.75, 3.05) is 7.05 Å². The van der Waals surface area contributed by atoms with Crippen LogP contribution in [0.15, 0.2) is 72.9 Å². The lowest BCUT2D eigenvalue weighted by Crippen LogP contribution is -2.48. The first-order chi connectivity index (χ1) is 15.2. The molecule has 3 aromatic rings. The van der Waals surface area contributed by atoms with Gasteiger partial charge in [0.2, 0.25) is 0 Å². The maximum Gasteiger partial charge on any atom is 0.137 e. The van der Waals surface area contributed by atoms with Gasteiger partial charge in [-0.1, -0.05) is 61.5 Å². The second kappa shape index (κ2) is 8.47. The number of fused-ring (bicyclic) bond motifs is 2. The van der Waals surface area contributed by atoms with E-state index in [1.165, 1.54) is 35.2 Å². The summed E-state index contributed by atoms with van der Waals surface area (Å²) < 4.78 is 2.31. The fourth-order valence-electron chi connectivity index (χ4n) is 5.98. The number of aromatic nitrogens is 1. The van der Waals surface area contributed by atoms with E-state index in [1.54, 1.807) is 0 Å². The van der Waals surface area contributed by atoms with Crippen molar-refractivity contribution in [1.82, 2.24) is 9.47 Å². The Bertz CT molecular complexity index is 1040. The fraction of sp³-hybridized carbons (Fsp3) is 0.393. The first kappa shape index (κ1) is 20.3. The number of piperidine rings is 1. The SMILES string of the molecule is CCC(=O)[C@H]1[C@@H](c2ccc(-c3cccn3Cc3ccccc3)cc2)C[C@@H]2CC[C@H]1N2C. The molecule has 4 atom stereocenters. The highest BCUT2D eigenvalue weighted by Crippen LogP contribution is 2.47. The first-order valence-corrected chi connectivity index (χ1v) is 11.7. The Morgan fingerprint density at radius 3 is 2.48 bits per heavy atom. The molecule has 1 aromatic heterocycles. The van der Waals surface area contributed by atoms with E-state index in [0.717, 1.165) is 13.0 Å². The number of carbonyl (C=O) groups is 1. The van der Waals surface area contributed by atoms with Crippen molar-refractivity contribution >= 4 is 5.78 Å². The van der Waals surface area contributed by atoms with Crippen molar-refractivity contribution in [1.29, 1.82) is 0 Å². The zero-order valence-corrected chi connectivity index (χ0v) is 18.6. The van der Waals surface area contributed by atoms with Crippen LogP contribution in [0.1, 0.15) is 49.7 Å². The Kier molecular flexibility index (Phi) is 5.54. The highest BCUT2D eigenvalue weighted by atomic mass is 16.1. The third-order valence-corrected chi connectivity index (χ3v) is 7.65. The number of nitrogens with zero attached hydrogens (tertiary/aromatic N) is 2. The van der Waals surface area contributed by atoms with Crippen LogP contribution in [0.4, 0.5) is 0 Å². The number of ketones is 1. The Morgan fingerprint density at radius 2 is 1.74 bits per heavy atom. The lowest BCUT2D eigenvalue weighted by atomic mass is 9.73. The molecular weight excluding hydrogens is 380 g/mol. The second-order valence-corrected chi connectivity index (χ2v) is 9.28. The Labute approximate surface area is 185 Å². The molecule has 160 valence electrons. The van der Waals surface area contributed by atoms with Gasteiger partial charge in [0.25, 0.3) is 0 Å². The van der Waals surface area contributed by atoms with Crippen molar-refractivity contribution in [2.45, 2.75) is 57.2 Å². The number of carbonyl (C=O) groups excluding carboxylic acids is 1. The standard InChI is InChI=1S/C28H32N2O/c1-3-27(31)28-24(18-23-15-16-26(28)29(23)2)21-11-13-22(14-12-21)25-10-7-17-30(25)19-20-8-5-4-6-9-20/h4-14,17,23-24,26,28H,3,15-16,18-19H2,1-2H3/t23-,24+,26+,28-/m0/s1. The summed E-state index contributed by atoms with van der Waals surface area (Å²) >= 11 is 0. The normalized spacial score (nSPS) is 25.6. The van der Waals surface area contributed by atoms with Crippen LogP contribution in [0.25, 0.3) is 11.3 Å². The van der Waals surface area contributed by atoms with Crippen LogP contribution in [-0.4, -0.2) is 34.4 Å². The molecule has 2 bridgehead atoms. The van der Waals surface area contributed by atoms with Crippen molar-refractivity contribution < 1.29 is 4.79 Å². The van der Waals surface area contributed by atoms with Crippen LogP contribution in [-0.2, 0) is 11.3 Å². The van der Waals surface area contributed by atoms with Gasteiger partial charge in [-0.15, -0.1) is 0 Å². The summed E-state index contributed by atoms with van der Waals surface area (Å²) in [7, 11) is 2.22. The van der Waals surface area contributed by atoms with Crippen LogP contribution in [0.5, 0.6) is 0 Å². The molecule has 0 spiro atoms. The van der Waals surface area contributed by atoms with Crippen molar-refractivity contribution in [3.05, 3.63) is 84.1 Å². The molecule has 0 N–H and O–H groups in total. The molecule has 0 aliphatic carbocycles. The van der Waals surface area contributed by atoms with E-state index in [4.69, 9.17) is 0 Å². The van der Waals surface area contributed by atoms with Gasteiger partial charge in [-0.3, -0.25) is 9.69 Å². The number of Topliss-reactive ketones (excluding diaryl/α,β-unsaturated/α-hetero) is 1. The molecular formula is C28H32N2O. The summed E-state index contributed by atoms with van der Waals surface area (Å²) in [6, 6.07) is 25.0. The maximum absolute atomic E-state index is 12.9. The predicted octanol–water partition coefficient (Wildman–Crippen LogP) is 5.75. The van der Waals surface area contributed by atoms with Gasteiger partial charge in [-0.2, -0.15) is 0 Å². The lowest BCUT2D eigenvalue weighted by Gasteiger charge is -2.42. The first-order valence-electron chi connectivity index (χ1n) is 11.7. The van der Waals surface area contributed by atoms with Crippen molar-refractivity contribution in [3.63, 3.8) is 0 Å². The van der Waals surface area contributed by atoms with E-state index in [2.05, 4.69) is 89.4 Å². The summed E-state index contributed by atoms with van der Waals surface area (Å²) in [4.78, 5) is 15.4. The summed E-state index contributed by atoms with van der Waals surface area (Å²) in [6.07, 6.45) is 6.30. The maximum atomic E-state index is 12.9. The predicted molar refractivity (Wildman–Crippen MR) is 126 cm³/mol.